The number of halogens is 1. The fourth-order valence-corrected chi connectivity index (χ4v) is 3.36. The SMILES string of the molecule is COc1ccc(NC(=O)C2(CN)CCOCC2)cc1Cc1ccccc1.Cl. The summed E-state index contributed by atoms with van der Waals surface area (Å²) in [5.41, 5.74) is 8.38. The number of benzene rings is 2. The third-order valence-corrected chi connectivity index (χ3v) is 5.10. The van der Waals surface area contributed by atoms with Crippen molar-refractivity contribution in [2.75, 3.05) is 32.2 Å². The van der Waals surface area contributed by atoms with Crippen molar-refractivity contribution in [3.63, 3.8) is 0 Å². The lowest BCUT2D eigenvalue weighted by Crippen LogP contribution is -2.46. The van der Waals surface area contributed by atoms with Gasteiger partial charge in [-0.2, -0.15) is 0 Å². The van der Waals surface area contributed by atoms with Crippen LogP contribution in [-0.2, 0) is 16.0 Å². The van der Waals surface area contributed by atoms with Crippen LogP contribution in [-0.4, -0.2) is 32.8 Å². The average Bonchev–Trinajstić information content (AvgIpc) is 2.69. The van der Waals surface area contributed by atoms with E-state index in [0.29, 0.717) is 32.6 Å². The van der Waals surface area contributed by atoms with E-state index in [9.17, 15) is 4.79 Å². The summed E-state index contributed by atoms with van der Waals surface area (Å²) in [5.74, 6) is 0.783. The van der Waals surface area contributed by atoms with Gasteiger partial charge in [-0.1, -0.05) is 30.3 Å². The summed E-state index contributed by atoms with van der Waals surface area (Å²) < 4.78 is 10.9. The van der Waals surface area contributed by atoms with Crippen molar-refractivity contribution in [2.24, 2.45) is 11.1 Å². The van der Waals surface area contributed by atoms with E-state index in [1.165, 1.54) is 5.56 Å². The maximum absolute atomic E-state index is 12.9. The quantitative estimate of drug-likeness (QED) is 0.792. The fraction of sp³-hybridized carbons (Fsp3) is 0.381. The Morgan fingerprint density at radius 3 is 2.52 bits per heavy atom. The van der Waals surface area contributed by atoms with Gasteiger partial charge in [0.1, 0.15) is 5.75 Å². The van der Waals surface area contributed by atoms with E-state index in [2.05, 4.69) is 17.4 Å². The van der Waals surface area contributed by atoms with Crippen molar-refractivity contribution in [3.8, 4) is 5.75 Å². The first-order chi connectivity index (χ1) is 12.7. The molecule has 2 aromatic carbocycles. The molecule has 0 bridgehead atoms. The summed E-state index contributed by atoms with van der Waals surface area (Å²) >= 11 is 0. The minimum atomic E-state index is -0.544. The zero-order valence-electron chi connectivity index (χ0n) is 15.6. The predicted octanol–water partition coefficient (Wildman–Crippen LogP) is 3.40. The third kappa shape index (κ3) is 5.01. The lowest BCUT2D eigenvalue weighted by atomic mass is 9.79. The van der Waals surface area contributed by atoms with Crippen LogP contribution in [0.25, 0.3) is 0 Å². The number of anilines is 1. The van der Waals surface area contributed by atoms with E-state index in [0.717, 1.165) is 23.4 Å². The molecule has 27 heavy (non-hydrogen) atoms. The van der Waals surface area contributed by atoms with Crippen LogP contribution in [0, 0.1) is 5.41 Å². The van der Waals surface area contributed by atoms with Gasteiger partial charge < -0.3 is 20.5 Å². The second-order valence-corrected chi connectivity index (χ2v) is 6.74. The number of hydrogen-bond acceptors (Lipinski definition) is 4. The highest BCUT2D eigenvalue weighted by atomic mass is 35.5. The first kappa shape index (κ1) is 21.2. The highest BCUT2D eigenvalue weighted by Gasteiger charge is 2.38. The predicted molar refractivity (Wildman–Crippen MR) is 110 cm³/mol. The number of ether oxygens (including phenoxy) is 2. The average molecular weight is 391 g/mol. The molecule has 3 N–H and O–H groups in total. The number of carbonyl (C=O) groups is 1. The van der Waals surface area contributed by atoms with Gasteiger partial charge in [0.2, 0.25) is 5.91 Å². The lowest BCUT2D eigenvalue weighted by Gasteiger charge is -2.34. The zero-order valence-corrected chi connectivity index (χ0v) is 16.4. The van der Waals surface area contributed by atoms with Crippen LogP contribution in [0.1, 0.15) is 24.0 Å². The van der Waals surface area contributed by atoms with Crippen LogP contribution < -0.4 is 15.8 Å². The van der Waals surface area contributed by atoms with Crippen molar-refractivity contribution in [1.29, 1.82) is 0 Å². The minimum absolute atomic E-state index is 0. The molecule has 0 unspecified atom stereocenters. The van der Waals surface area contributed by atoms with E-state index in [1.54, 1.807) is 7.11 Å². The summed E-state index contributed by atoms with van der Waals surface area (Å²) in [6.07, 6.45) is 2.05. The number of rotatable bonds is 6. The van der Waals surface area contributed by atoms with Crippen LogP contribution in [0.4, 0.5) is 5.69 Å². The fourth-order valence-electron chi connectivity index (χ4n) is 3.36. The molecule has 6 heteroatoms. The molecule has 1 amide bonds. The third-order valence-electron chi connectivity index (χ3n) is 5.10. The molecule has 0 atom stereocenters. The molecule has 1 aliphatic rings. The van der Waals surface area contributed by atoms with Crippen LogP contribution >= 0.6 is 12.4 Å². The maximum atomic E-state index is 12.9. The number of amides is 1. The highest BCUT2D eigenvalue weighted by molar-refractivity contribution is 5.95. The van der Waals surface area contributed by atoms with Gasteiger partial charge in [0.15, 0.2) is 0 Å². The molecule has 1 aliphatic heterocycles. The number of methoxy groups -OCH3 is 1. The van der Waals surface area contributed by atoms with Gasteiger partial charge in [0.05, 0.1) is 12.5 Å². The Morgan fingerprint density at radius 2 is 1.89 bits per heavy atom. The molecule has 2 aromatic rings. The van der Waals surface area contributed by atoms with Crippen LogP contribution in [0.5, 0.6) is 5.75 Å². The molecule has 0 aromatic heterocycles. The Labute approximate surface area is 166 Å². The standard InChI is InChI=1S/C21H26N2O3.ClH/c1-25-19-8-7-18(14-17(19)13-16-5-3-2-4-6-16)23-20(24)21(15-22)9-11-26-12-10-21;/h2-8,14H,9-13,15,22H2,1H3,(H,23,24);1H. The molecule has 0 saturated carbocycles. The van der Waals surface area contributed by atoms with E-state index >= 15 is 0 Å². The molecule has 3 rings (SSSR count). The van der Waals surface area contributed by atoms with E-state index in [1.807, 2.05) is 36.4 Å². The Kier molecular flexibility index (Phi) is 7.66. The van der Waals surface area contributed by atoms with Crippen molar-refractivity contribution in [1.82, 2.24) is 0 Å². The van der Waals surface area contributed by atoms with Crippen LogP contribution in [0.2, 0.25) is 0 Å². The first-order valence-corrected chi connectivity index (χ1v) is 8.97. The van der Waals surface area contributed by atoms with Crippen LogP contribution in [0.15, 0.2) is 48.5 Å². The molecule has 1 fully saturated rings. The zero-order chi connectivity index (χ0) is 18.4. The maximum Gasteiger partial charge on any atom is 0.232 e. The van der Waals surface area contributed by atoms with Gasteiger partial charge in [-0.15, -0.1) is 12.4 Å². The molecular formula is C21H27ClN2O3. The Morgan fingerprint density at radius 1 is 1.19 bits per heavy atom. The largest absolute Gasteiger partial charge is 0.496 e. The molecule has 1 saturated heterocycles. The van der Waals surface area contributed by atoms with E-state index in [4.69, 9.17) is 15.2 Å². The summed E-state index contributed by atoms with van der Waals surface area (Å²) in [6.45, 7) is 1.48. The van der Waals surface area contributed by atoms with E-state index < -0.39 is 5.41 Å². The topological polar surface area (TPSA) is 73.6 Å². The highest BCUT2D eigenvalue weighted by Crippen LogP contribution is 2.32. The van der Waals surface area contributed by atoms with Gasteiger partial charge in [-0.3, -0.25) is 4.79 Å². The molecule has 146 valence electrons. The van der Waals surface area contributed by atoms with Gasteiger partial charge in [0, 0.05) is 37.4 Å². The summed E-state index contributed by atoms with van der Waals surface area (Å²) in [5, 5.41) is 3.05. The van der Waals surface area contributed by atoms with Gasteiger partial charge in [-0.25, -0.2) is 0 Å². The number of nitrogens with one attached hydrogen (secondary N) is 1. The molecular weight excluding hydrogens is 364 g/mol. The Hall–Kier alpha value is -2.08. The summed E-state index contributed by atoms with van der Waals surface area (Å²) in [4.78, 5) is 12.9. The second-order valence-electron chi connectivity index (χ2n) is 6.74. The van der Waals surface area contributed by atoms with E-state index in [-0.39, 0.29) is 18.3 Å². The van der Waals surface area contributed by atoms with Gasteiger partial charge >= 0.3 is 0 Å². The molecule has 0 radical (unpaired) electrons. The normalized spacial score (nSPS) is 15.5. The number of hydrogen-bond donors (Lipinski definition) is 2. The summed E-state index contributed by atoms with van der Waals surface area (Å²) in [6, 6.07) is 15.9. The van der Waals surface area contributed by atoms with Crippen molar-refractivity contribution < 1.29 is 14.3 Å². The second kappa shape index (κ2) is 9.74. The minimum Gasteiger partial charge on any atom is -0.496 e. The van der Waals surface area contributed by atoms with Crippen molar-refractivity contribution >= 4 is 24.0 Å². The first-order valence-electron chi connectivity index (χ1n) is 8.97. The number of carbonyl (C=O) groups excluding carboxylic acids is 1. The van der Waals surface area contributed by atoms with Gasteiger partial charge in [0.25, 0.3) is 0 Å². The lowest BCUT2D eigenvalue weighted by molar-refractivity contribution is -0.130. The number of nitrogens with two attached hydrogens (primary N) is 1. The van der Waals surface area contributed by atoms with Crippen molar-refractivity contribution in [3.05, 3.63) is 59.7 Å². The molecule has 5 nitrogen and oxygen atoms in total. The monoisotopic (exact) mass is 390 g/mol. The van der Waals surface area contributed by atoms with Crippen molar-refractivity contribution in [2.45, 2.75) is 19.3 Å². The summed E-state index contributed by atoms with van der Waals surface area (Å²) in [7, 11) is 1.66. The molecule has 0 spiro atoms. The molecule has 1 heterocycles. The smallest absolute Gasteiger partial charge is 0.232 e. The van der Waals surface area contributed by atoms with Crippen LogP contribution in [0.3, 0.4) is 0 Å². The molecule has 0 aliphatic carbocycles. The Bertz CT molecular complexity index is 746. The van der Waals surface area contributed by atoms with Gasteiger partial charge in [-0.05, 0) is 36.6 Å². The Balaban J connectivity index is 0.00000261.